The fourth-order valence-electron chi connectivity index (χ4n) is 1.48. The van der Waals surface area contributed by atoms with Gasteiger partial charge in [-0.2, -0.15) is 0 Å². The Balaban J connectivity index is 2.68. The van der Waals surface area contributed by atoms with Crippen molar-refractivity contribution in [3.8, 4) is 17.3 Å². The largest absolute Gasteiger partial charge is 0.497 e. The van der Waals surface area contributed by atoms with Crippen molar-refractivity contribution in [2.24, 2.45) is 0 Å². The van der Waals surface area contributed by atoms with E-state index in [-0.39, 0.29) is 10.7 Å². The smallest absolute Gasteiger partial charge is 0.262 e. The van der Waals surface area contributed by atoms with Gasteiger partial charge in [-0.1, -0.05) is 6.07 Å². The first-order valence-electron chi connectivity index (χ1n) is 4.81. The zero-order chi connectivity index (χ0) is 12.4. The Morgan fingerprint density at radius 2 is 2.18 bits per heavy atom. The van der Waals surface area contributed by atoms with Crippen LogP contribution in [0.3, 0.4) is 0 Å². The minimum Gasteiger partial charge on any atom is -0.497 e. The second-order valence-corrected chi connectivity index (χ2v) is 3.72. The van der Waals surface area contributed by atoms with Crippen LogP contribution in [-0.4, -0.2) is 21.8 Å². The molecule has 0 aliphatic carbocycles. The normalized spacial score (nSPS) is 10.2. The lowest BCUT2D eigenvalue weighted by Gasteiger charge is -2.07. The molecule has 0 unspecified atom stereocenters. The standard InChI is InChI=1S/C11H10N2O3S/c1-16-8-4-2-3-7(5-8)13-10(15)6-9(14)12-11(13)17/h2-6,14H,1H3,(H,12,17). The van der Waals surface area contributed by atoms with Crippen molar-refractivity contribution in [1.82, 2.24) is 9.55 Å². The first-order valence-corrected chi connectivity index (χ1v) is 5.22. The molecule has 0 amide bonds. The Labute approximate surface area is 102 Å². The summed E-state index contributed by atoms with van der Waals surface area (Å²) in [5.74, 6) is 0.371. The van der Waals surface area contributed by atoms with Gasteiger partial charge in [0, 0.05) is 6.07 Å². The molecule has 5 nitrogen and oxygen atoms in total. The minimum atomic E-state index is -0.403. The van der Waals surface area contributed by atoms with E-state index in [4.69, 9.17) is 17.0 Å². The van der Waals surface area contributed by atoms with E-state index in [9.17, 15) is 9.90 Å². The van der Waals surface area contributed by atoms with Crippen molar-refractivity contribution >= 4 is 12.2 Å². The van der Waals surface area contributed by atoms with Gasteiger partial charge in [0.15, 0.2) is 10.7 Å². The van der Waals surface area contributed by atoms with E-state index in [1.165, 1.54) is 4.57 Å². The van der Waals surface area contributed by atoms with E-state index in [2.05, 4.69) is 4.98 Å². The number of rotatable bonds is 2. The molecule has 0 bridgehead atoms. The van der Waals surface area contributed by atoms with Crippen LogP contribution in [0.5, 0.6) is 11.6 Å². The van der Waals surface area contributed by atoms with Crippen LogP contribution in [0.4, 0.5) is 0 Å². The molecule has 0 aliphatic heterocycles. The molecular weight excluding hydrogens is 240 g/mol. The van der Waals surface area contributed by atoms with Crippen molar-refractivity contribution < 1.29 is 9.84 Å². The van der Waals surface area contributed by atoms with Crippen molar-refractivity contribution in [3.05, 3.63) is 45.5 Å². The lowest BCUT2D eigenvalue weighted by Crippen LogP contribution is -2.18. The Morgan fingerprint density at radius 1 is 1.41 bits per heavy atom. The van der Waals surface area contributed by atoms with Crippen LogP contribution in [0.2, 0.25) is 0 Å². The number of H-pyrrole nitrogens is 1. The highest BCUT2D eigenvalue weighted by atomic mass is 32.1. The van der Waals surface area contributed by atoms with E-state index < -0.39 is 5.56 Å². The van der Waals surface area contributed by atoms with Gasteiger partial charge in [0.25, 0.3) is 5.56 Å². The summed E-state index contributed by atoms with van der Waals surface area (Å²) in [6.45, 7) is 0. The predicted octanol–water partition coefficient (Wildman–Crippen LogP) is 1.61. The summed E-state index contributed by atoms with van der Waals surface area (Å²) < 4.78 is 6.47. The Hall–Kier alpha value is -2.08. The fourth-order valence-corrected chi connectivity index (χ4v) is 1.78. The number of hydrogen-bond donors (Lipinski definition) is 2. The number of nitrogens with zero attached hydrogens (tertiary/aromatic N) is 1. The summed E-state index contributed by atoms with van der Waals surface area (Å²) in [5, 5.41) is 9.21. The molecule has 1 aromatic carbocycles. The van der Waals surface area contributed by atoms with Crippen molar-refractivity contribution in [2.75, 3.05) is 7.11 Å². The first kappa shape index (κ1) is 11.4. The van der Waals surface area contributed by atoms with E-state index in [0.29, 0.717) is 11.4 Å². The van der Waals surface area contributed by atoms with E-state index in [1.807, 2.05) is 0 Å². The molecule has 0 atom stereocenters. The number of benzene rings is 1. The van der Waals surface area contributed by atoms with Gasteiger partial charge in [0.1, 0.15) is 5.75 Å². The molecule has 2 aromatic rings. The molecule has 2 N–H and O–H groups in total. The van der Waals surface area contributed by atoms with Crippen LogP contribution in [0.1, 0.15) is 0 Å². The summed E-state index contributed by atoms with van der Waals surface area (Å²) in [4.78, 5) is 14.2. The van der Waals surface area contributed by atoms with Crippen molar-refractivity contribution in [2.45, 2.75) is 0 Å². The van der Waals surface area contributed by atoms with Gasteiger partial charge in [-0.15, -0.1) is 0 Å². The van der Waals surface area contributed by atoms with Gasteiger partial charge < -0.3 is 14.8 Å². The molecule has 6 heteroatoms. The number of ether oxygens (including phenoxy) is 1. The molecule has 88 valence electrons. The van der Waals surface area contributed by atoms with Crippen LogP contribution in [0.15, 0.2) is 35.1 Å². The Bertz CT molecular complexity index is 629. The van der Waals surface area contributed by atoms with Gasteiger partial charge >= 0.3 is 0 Å². The van der Waals surface area contributed by atoms with Crippen molar-refractivity contribution in [1.29, 1.82) is 0 Å². The number of aromatic amines is 1. The third kappa shape index (κ3) is 2.21. The van der Waals surface area contributed by atoms with Crippen LogP contribution >= 0.6 is 12.2 Å². The number of methoxy groups -OCH3 is 1. The SMILES string of the molecule is COc1cccc(-n2c(=O)cc(O)[nH]c2=S)c1. The lowest BCUT2D eigenvalue weighted by molar-refractivity contribution is 0.414. The molecule has 1 aromatic heterocycles. The maximum atomic E-state index is 11.7. The summed E-state index contributed by atoms with van der Waals surface area (Å²) in [6.07, 6.45) is 0. The maximum Gasteiger partial charge on any atom is 0.262 e. The second kappa shape index (κ2) is 4.42. The van der Waals surface area contributed by atoms with E-state index in [0.717, 1.165) is 6.07 Å². The van der Waals surface area contributed by atoms with E-state index >= 15 is 0 Å². The average molecular weight is 250 g/mol. The quantitative estimate of drug-likeness (QED) is 0.795. The highest BCUT2D eigenvalue weighted by molar-refractivity contribution is 7.71. The monoisotopic (exact) mass is 250 g/mol. The molecule has 1 heterocycles. The van der Waals surface area contributed by atoms with E-state index in [1.54, 1.807) is 31.4 Å². The third-order valence-corrected chi connectivity index (χ3v) is 2.51. The summed E-state index contributed by atoms with van der Waals surface area (Å²) in [5.41, 5.74) is 0.176. The molecule has 0 aliphatic rings. The van der Waals surface area contributed by atoms with Gasteiger partial charge in [-0.05, 0) is 24.4 Å². The predicted molar refractivity (Wildman–Crippen MR) is 65.4 cm³/mol. The molecular formula is C11H10N2O3S. The Kier molecular flexibility index (Phi) is 2.97. The minimum absolute atomic E-state index is 0.128. The zero-order valence-electron chi connectivity index (χ0n) is 9.01. The topological polar surface area (TPSA) is 67.2 Å². The Morgan fingerprint density at radius 3 is 2.82 bits per heavy atom. The van der Waals surface area contributed by atoms with Gasteiger partial charge in [-0.25, -0.2) is 0 Å². The highest BCUT2D eigenvalue weighted by Crippen LogP contribution is 2.15. The van der Waals surface area contributed by atoms with Gasteiger partial charge in [0.05, 0.1) is 18.9 Å². The number of aromatic nitrogens is 2. The fraction of sp³-hybridized carbons (Fsp3) is 0.0909. The lowest BCUT2D eigenvalue weighted by atomic mass is 10.3. The molecule has 0 saturated carbocycles. The second-order valence-electron chi connectivity index (χ2n) is 3.33. The van der Waals surface area contributed by atoms with Crippen LogP contribution in [0, 0.1) is 4.77 Å². The molecule has 0 spiro atoms. The van der Waals surface area contributed by atoms with Crippen LogP contribution in [-0.2, 0) is 0 Å². The molecule has 0 fully saturated rings. The summed E-state index contributed by atoms with van der Waals surface area (Å²) in [6, 6.07) is 7.99. The number of nitrogens with one attached hydrogen (secondary N) is 1. The number of aromatic hydroxyl groups is 1. The molecule has 0 radical (unpaired) electrons. The van der Waals surface area contributed by atoms with Crippen LogP contribution in [0.25, 0.3) is 5.69 Å². The van der Waals surface area contributed by atoms with Gasteiger partial charge in [-0.3, -0.25) is 9.36 Å². The average Bonchev–Trinajstić information content (AvgIpc) is 2.28. The molecule has 2 rings (SSSR count). The third-order valence-electron chi connectivity index (χ3n) is 2.23. The summed E-state index contributed by atoms with van der Waals surface area (Å²) in [7, 11) is 1.54. The van der Waals surface area contributed by atoms with Gasteiger partial charge in [0.2, 0.25) is 0 Å². The molecule has 17 heavy (non-hydrogen) atoms. The number of hydrogen-bond acceptors (Lipinski definition) is 4. The zero-order valence-corrected chi connectivity index (χ0v) is 9.82. The molecule has 0 saturated heterocycles. The van der Waals surface area contributed by atoms with Crippen molar-refractivity contribution in [3.63, 3.8) is 0 Å². The maximum absolute atomic E-state index is 11.7. The summed E-state index contributed by atoms with van der Waals surface area (Å²) >= 11 is 5.00. The first-order chi connectivity index (χ1) is 8.11. The highest BCUT2D eigenvalue weighted by Gasteiger charge is 2.04. The van der Waals surface area contributed by atoms with Crippen LogP contribution < -0.4 is 10.3 Å².